The van der Waals surface area contributed by atoms with Crippen LogP contribution in [0, 0.1) is 13.8 Å². The van der Waals surface area contributed by atoms with Gasteiger partial charge in [-0.1, -0.05) is 23.8 Å². The molecule has 1 saturated heterocycles. The molecule has 1 aromatic carbocycles. The number of pyridine rings is 1. The number of carbonyl (C=O) groups is 1. The molecule has 0 bridgehead atoms. The molecule has 4 heteroatoms. The fourth-order valence-electron chi connectivity index (χ4n) is 3.75. The van der Waals surface area contributed by atoms with Crippen LogP contribution in [-0.2, 0) is 6.61 Å². The molecule has 26 heavy (non-hydrogen) atoms. The first kappa shape index (κ1) is 18.4. The zero-order chi connectivity index (χ0) is 18.7. The van der Waals surface area contributed by atoms with Crippen molar-refractivity contribution in [2.45, 2.75) is 65.6 Å². The van der Waals surface area contributed by atoms with Gasteiger partial charge in [0.15, 0.2) is 0 Å². The van der Waals surface area contributed by atoms with Crippen LogP contribution >= 0.6 is 0 Å². The van der Waals surface area contributed by atoms with E-state index in [0.29, 0.717) is 12.3 Å². The number of carbonyl (C=O) groups excluding carboxylic acids is 1. The number of likely N-dealkylation sites (tertiary alicyclic amines) is 1. The van der Waals surface area contributed by atoms with E-state index in [2.05, 4.69) is 31.8 Å². The van der Waals surface area contributed by atoms with Gasteiger partial charge in [-0.25, -0.2) is 4.98 Å². The Hall–Kier alpha value is -2.36. The molecule has 3 rings (SSSR count). The van der Waals surface area contributed by atoms with E-state index >= 15 is 0 Å². The van der Waals surface area contributed by atoms with Gasteiger partial charge in [-0.15, -0.1) is 0 Å². The van der Waals surface area contributed by atoms with Crippen molar-refractivity contribution in [2.24, 2.45) is 0 Å². The predicted molar refractivity (Wildman–Crippen MR) is 103 cm³/mol. The molecule has 2 unspecified atom stereocenters. The molecule has 4 nitrogen and oxygen atoms in total. The summed E-state index contributed by atoms with van der Waals surface area (Å²) in [5, 5.41) is 0. The second-order valence-electron chi connectivity index (χ2n) is 7.41. The molecule has 2 heterocycles. The highest BCUT2D eigenvalue weighted by atomic mass is 16.5. The van der Waals surface area contributed by atoms with Crippen LogP contribution in [0.4, 0.5) is 0 Å². The number of hydrogen-bond acceptors (Lipinski definition) is 3. The van der Waals surface area contributed by atoms with Crippen molar-refractivity contribution in [3.05, 3.63) is 58.9 Å². The monoisotopic (exact) mass is 352 g/mol. The van der Waals surface area contributed by atoms with Gasteiger partial charge in [0.1, 0.15) is 18.1 Å². The van der Waals surface area contributed by atoms with Gasteiger partial charge in [0.2, 0.25) is 0 Å². The van der Waals surface area contributed by atoms with Crippen LogP contribution < -0.4 is 4.74 Å². The smallest absolute Gasteiger partial charge is 0.272 e. The van der Waals surface area contributed by atoms with Gasteiger partial charge in [-0.2, -0.15) is 0 Å². The van der Waals surface area contributed by atoms with Crippen molar-refractivity contribution in [3.8, 4) is 5.75 Å². The lowest BCUT2D eigenvalue weighted by Gasteiger charge is -2.38. The highest BCUT2D eigenvalue weighted by Crippen LogP contribution is 2.24. The van der Waals surface area contributed by atoms with Crippen molar-refractivity contribution in [1.29, 1.82) is 0 Å². The molecule has 138 valence electrons. The number of ether oxygens (including phenoxy) is 1. The van der Waals surface area contributed by atoms with E-state index in [1.54, 1.807) is 6.07 Å². The second-order valence-corrected chi connectivity index (χ2v) is 7.41. The molecule has 0 radical (unpaired) electrons. The molecule has 0 spiro atoms. The number of benzene rings is 1. The number of hydrogen-bond donors (Lipinski definition) is 0. The van der Waals surface area contributed by atoms with Crippen LogP contribution in [0.25, 0.3) is 0 Å². The van der Waals surface area contributed by atoms with Gasteiger partial charge in [-0.05, 0) is 70.7 Å². The molecule has 2 aromatic rings. The Balaban J connectivity index is 1.72. The Morgan fingerprint density at radius 3 is 2.58 bits per heavy atom. The lowest BCUT2D eigenvalue weighted by molar-refractivity contribution is 0.0504. The number of rotatable bonds is 4. The molecule has 0 saturated carbocycles. The largest absolute Gasteiger partial charge is 0.487 e. The first-order chi connectivity index (χ1) is 12.5. The van der Waals surface area contributed by atoms with Gasteiger partial charge in [-0.3, -0.25) is 4.79 Å². The summed E-state index contributed by atoms with van der Waals surface area (Å²) in [4.78, 5) is 19.5. The lowest BCUT2D eigenvalue weighted by atomic mass is 9.97. The average molecular weight is 352 g/mol. The Labute approximate surface area is 156 Å². The van der Waals surface area contributed by atoms with E-state index < -0.39 is 0 Å². The third-order valence-electron chi connectivity index (χ3n) is 5.16. The third kappa shape index (κ3) is 4.06. The maximum atomic E-state index is 13.0. The first-order valence-electron chi connectivity index (χ1n) is 9.44. The summed E-state index contributed by atoms with van der Waals surface area (Å²) in [6, 6.07) is 12.2. The molecule has 2 atom stereocenters. The minimum atomic E-state index is 0.0260. The van der Waals surface area contributed by atoms with Crippen LogP contribution in [0.3, 0.4) is 0 Å². The van der Waals surface area contributed by atoms with Crippen molar-refractivity contribution in [2.75, 3.05) is 0 Å². The summed E-state index contributed by atoms with van der Waals surface area (Å²) in [6.45, 7) is 8.71. The Morgan fingerprint density at radius 2 is 1.88 bits per heavy atom. The Bertz CT molecular complexity index is 777. The maximum absolute atomic E-state index is 13.0. The number of nitrogens with zero attached hydrogens (tertiary/aromatic N) is 2. The topological polar surface area (TPSA) is 42.4 Å². The molecular formula is C22H28N2O2. The minimum absolute atomic E-state index is 0.0260. The van der Waals surface area contributed by atoms with Crippen LogP contribution in [0.15, 0.2) is 36.4 Å². The molecule has 1 amide bonds. The van der Waals surface area contributed by atoms with E-state index in [1.807, 2.05) is 36.1 Å². The number of amides is 1. The first-order valence-corrected chi connectivity index (χ1v) is 9.44. The van der Waals surface area contributed by atoms with Crippen molar-refractivity contribution >= 4 is 5.91 Å². The molecule has 1 aromatic heterocycles. The maximum Gasteiger partial charge on any atom is 0.272 e. The van der Waals surface area contributed by atoms with Crippen molar-refractivity contribution in [3.63, 3.8) is 0 Å². The summed E-state index contributed by atoms with van der Waals surface area (Å²) < 4.78 is 5.91. The predicted octanol–water partition coefficient (Wildman–Crippen LogP) is 4.68. The molecule has 1 aliphatic rings. The zero-order valence-corrected chi connectivity index (χ0v) is 16.2. The van der Waals surface area contributed by atoms with Crippen molar-refractivity contribution in [1.82, 2.24) is 9.88 Å². The number of aromatic nitrogens is 1. The fraction of sp³-hybridized carbons (Fsp3) is 0.455. The Kier molecular flexibility index (Phi) is 5.60. The van der Waals surface area contributed by atoms with Crippen LogP contribution in [0.5, 0.6) is 5.75 Å². The van der Waals surface area contributed by atoms with Gasteiger partial charge in [0.25, 0.3) is 5.91 Å². The number of piperidine rings is 1. The average Bonchev–Trinajstić information content (AvgIpc) is 2.61. The molecular weight excluding hydrogens is 324 g/mol. The van der Waals surface area contributed by atoms with Gasteiger partial charge < -0.3 is 9.64 Å². The van der Waals surface area contributed by atoms with E-state index in [4.69, 9.17) is 4.74 Å². The van der Waals surface area contributed by atoms with Crippen molar-refractivity contribution < 1.29 is 9.53 Å². The molecule has 0 N–H and O–H groups in total. The Morgan fingerprint density at radius 1 is 1.15 bits per heavy atom. The van der Waals surface area contributed by atoms with E-state index in [1.165, 1.54) is 12.0 Å². The summed E-state index contributed by atoms with van der Waals surface area (Å²) in [5.41, 5.74) is 3.60. The van der Waals surface area contributed by atoms with Gasteiger partial charge in [0.05, 0.1) is 5.69 Å². The minimum Gasteiger partial charge on any atom is -0.487 e. The highest BCUT2D eigenvalue weighted by Gasteiger charge is 2.30. The lowest BCUT2D eigenvalue weighted by Crippen LogP contribution is -2.47. The standard InChI is InChI=1S/C22H28N2O2/c1-15-11-12-21(16(2)13-15)26-14-19-9-6-10-20(23-19)22(25)24-17(3)7-5-8-18(24)4/h6,9-13,17-18H,5,7-8,14H2,1-4H3. The SMILES string of the molecule is Cc1ccc(OCc2cccc(C(=O)N3C(C)CCCC3C)n2)c(C)c1. The van der Waals surface area contributed by atoms with Crippen LogP contribution in [-0.4, -0.2) is 27.9 Å². The summed E-state index contributed by atoms with van der Waals surface area (Å²) >= 11 is 0. The zero-order valence-electron chi connectivity index (χ0n) is 16.2. The normalized spacial score (nSPS) is 20.1. The number of aryl methyl sites for hydroxylation is 2. The van der Waals surface area contributed by atoms with E-state index in [9.17, 15) is 4.79 Å². The third-order valence-corrected chi connectivity index (χ3v) is 5.16. The summed E-state index contributed by atoms with van der Waals surface area (Å²) in [7, 11) is 0. The highest BCUT2D eigenvalue weighted by molar-refractivity contribution is 5.92. The van der Waals surface area contributed by atoms with E-state index in [0.717, 1.165) is 29.8 Å². The van der Waals surface area contributed by atoms with Gasteiger partial charge in [0, 0.05) is 12.1 Å². The van der Waals surface area contributed by atoms with Gasteiger partial charge >= 0.3 is 0 Å². The summed E-state index contributed by atoms with van der Waals surface area (Å²) in [6.07, 6.45) is 3.31. The fourth-order valence-corrected chi connectivity index (χ4v) is 3.75. The van der Waals surface area contributed by atoms with Crippen LogP contribution in [0.2, 0.25) is 0 Å². The molecule has 1 fully saturated rings. The second kappa shape index (κ2) is 7.90. The molecule has 1 aliphatic heterocycles. The van der Waals surface area contributed by atoms with Crippen LogP contribution in [0.1, 0.15) is 60.4 Å². The summed E-state index contributed by atoms with van der Waals surface area (Å²) in [5.74, 6) is 0.880. The quantitative estimate of drug-likeness (QED) is 0.802. The van der Waals surface area contributed by atoms with E-state index in [-0.39, 0.29) is 18.0 Å². The molecule has 0 aliphatic carbocycles.